The van der Waals surface area contributed by atoms with Gasteiger partial charge in [-0.1, -0.05) is 6.07 Å². The molecule has 128 valence electrons. The summed E-state index contributed by atoms with van der Waals surface area (Å²) in [5, 5.41) is 0.788. The normalized spacial score (nSPS) is 11.2. The van der Waals surface area contributed by atoms with E-state index in [1.807, 2.05) is 0 Å². The number of pyridine rings is 1. The molecule has 0 saturated heterocycles. The number of rotatable bonds is 3. The summed E-state index contributed by atoms with van der Waals surface area (Å²) in [6.07, 6.45) is 1.92. The summed E-state index contributed by atoms with van der Waals surface area (Å²) in [5.41, 5.74) is 2.35. The van der Waals surface area contributed by atoms with E-state index in [0.29, 0.717) is 10.3 Å². The SMILES string of the molecule is [CH-]=O.[CH2-]Cc1cccc(C[PH+](C(C)(C)C)C(C)(C)C)n1.[Cl][RuH+2]. The second-order valence-corrected chi connectivity index (χ2v) is 11.3. The van der Waals surface area contributed by atoms with Crippen LogP contribution < -0.4 is 0 Å². The van der Waals surface area contributed by atoms with E-state index >= 15 is 0 Å². The molecule has 1 aromatic rings. The van der Waals surface area contributed by atoms with Crippen molar-refractivity contribution < 1.29 is 22.1 Å². The van der Waals surface area contributed by atoms with Crippen molar-refractivity contribution in [2.24, 2.45) is 0 Å². The van der Waals surface area contributed by atoms with Crippen LogP contribution in [0.3, 0.4) is 0 Å². The standard InChI is InChI=1S/C16H27NP.CHO.ClH.Ru.H/c1-8-13-10-9-11-14(17-13)12-18(15(2,3)4)16(5,6)7;1-2;;;/h9-11H,1,8,12H2,2-7H3;1H;1H;;/q2*-1;;+3;. The van der Waals surface area contributed by atoms with E-state index in [9.17, 15) is 0 Å². The van der Waals surface area contributed by atoms with Gasteiger partial charge in [-0.15, -0.1) is 6.42 Å². The summed E-state index contributed by atoms with van der Waals surface area (Å²) in [4.78, 5) is 12.5. The Balaban J connectivity index is 0. The van der Waals surface area contributed by atoms with Crippen LogP contribution in [0.25, 0.3) is 0 Å². The molecule has 0 saturated carbocycles. The van der Waals surface area contributed by atoms with E-state index < -0.39 is 7.92 Å². The molecular weight excluding hydrogens is 402 g/mol. The minimum atomic E-state index is -0.535. The second kappa shape index (κ2) is 11.7. The van der Waals surface area contributed by atoms with Crippen molar-refractivity contribution in [3.63, 3.8) is 0 Å². The zero-order valence-corrected chi connectivity index (χ0v) is 18.2. The number of nitrogens with zero attached hydrogens (tertiary/aromatic N) is 1. The summed E-state index contributed by atoms with van der Waals surface area (Å²) in [6, 6.07) is 6.35. The van der Waals surface area contributed by atoms with E-state index in [1.165, 1.54) is 5.69 Å². The van der Waals surface area contributed by atoms with Crippen LogP contribution in [-0.4, -0.2) is 22.1 Å². The first-order valence-corrected chi connectivity index (χ1v) is 11.2. The maximum atomic E-state index is 7.75. The molecular formula is C17H30ClNOPRu+. The molecule has 2 nitrogen and oxygen atoms in total. The molecule has 5 heteroatoms. The van der Waals surface area contributed by atoms with Gasteiger partial charge in [0.1, 0.15) is 0 Å². The summed E-state index contributed by atoms with van der Waals surface area (Å²) >= 11 is 1.62. The molecule has 0 amide bonds. The average molecular weight is 432 g/mol. The topological polar surface area (TPSA) is 30.0 Å². The van der Waals surface area contributed by atoms with Crippen molar-refractivity contribution in [2.75, 3.05) is 0 Å². The van der Waals surface area contributed by atoms with E-state index in [1.54, 1.807) is 17.3 Å². The van der Waals surface area contributed by atoms with Crippen LogP contribution >= 0.6 is 17.6 Å². The van der Waals surface area contributed by atoms with E-state index in [0.717, 1.165) is 18.3 Å². The molecule has 0 aliphatic rings. The molecule has 1 rings (SSSR count). The minimum absolute atomic E-state index is 0.394. The van der Waals surface area contributed by atoms with Crippen molar-refractivity contribution in [3.8, 4) is 0 Å². The first-order valence-electron chi connectivity index (χ1n) is 7.13. The number of hydrogen-bond donors (Lipinski definition) is 0. The summed E-state index contributed by atoms with van der Waals surface area (Å²) in [5.74, 6) is 0. The van der Waals surface area contributed by atoms with E-state index in [-0.39, 0.29) is 0 Å². The molecule has 0 fully saturated rings. The Morgan fingerprint density at radius 1 is 1.09 bits per heavy atom. The molecule has 0 spiro atoms. The van der Waals surface area contributed by atoms with E-state index in [2.05, 4.69) is 83.1 Å². The number of halogens is 1. The number of hydrogen-bond acceptors (Lipinski definition) is 2. The number of aromatic nitrogens is 1. The van der Waals surface area contributed by atoms with Crippen LogP contribution in [0.1, 0.15) is 52.9 Å². The number of carbonyl (C=O) groups excluding carboxylic acids is 1. The fraction of sp³-hybridized carbons (Fsp3) is 0.588. The molecule has 0 radical (unpaired) electrons. The van der Waals surface area contributed by atoms with Gasteiger partial charge in [-0.2, -0.15) is 0 Å². The fourth-order valence-corrected chi connectivity index (χ4v) is 6.47. The Morgan fingerprint density at radius 3 is 1.86 bits per heavy atom. The van der Waals surface area contributed by atoms with Crippen LogP contribution in [0.2, 0.25) is 0 Å². The van der Waals surface area contributed by atoms with Crippen molar-refractivity contribution in [1.82, 2.24) is 4.98 Å². The third-order valence-corrected chi connectivity index (χ3v) is 7.63. The monoisotopic (exact) mass is 432 g/mol. The zero-order chi connectivity index (χ0) is 18.0. The molecule has 0 atom stereocenters. The summed E-state index contributed by atoms with van der Waals surface area (Å²) in [6.45, 7) is 21.4. The van der Waals surface area contributed by atoms with Gasteiger partial charge in [-0.25, -0.2) is 0 Å². The van der Waals surface area contributed by atoms with Crippen LogP contribution in [-0.2, 0) is 34.7 Å². The van der Waals surface area contributed by atoms with Crippen LogP contribution in [0.4, 0.5) is 0 Å². The van der Waals surface area contributed by atoms with Gasteiger partial charge in [0.05, 0.1) is 22.2 Å². The first-order chi connectivity index (χ1) is 10.1. The van der Waals surface area contributed by atoms with Crippen molar-refractivity contribution >= 4 is 24.4 Å². The Hall–Kier alpha value is 0.163. The van der Waals surface area contributed by atoms with Gasteiger partial charge in [0.25, 0.3) is 0 Å². The van der Waals surface area contributed by atoms with Crippen LogP contribution in [0.5, 0.6) is 0 Å². The van der Waals surface area contributed by atoms with Crippen molar-refractivity contribution in [1.29, 1.82) is 0 Å². The van der Waals surface area contributed by atoms with Crippen molar-refractivity contribution in [3.05, 3.63) is 36.5 Å². The molecule has 1 aromatic heterocycles. The van der Waals surface area contributed by atoms with Gasteiger partial charge in [-0.3, -0.25) is 11.8 Å². The predicted molar refractivity (Wildman–Crippen MR) is 98.8 cm³/mol. The van der Waals surface area contributed by atoms with E-state index in [4.69, 9.17) is 9.78 Å². The van der Waals surface area contributed by atoms with Gasteiger partial charge in [-0.05, 0) is 53.7 Å². The van der Waals surface area contributed by atoms with Gasteiger partial charge in [0.2, 0.25) is 0 Å². The van der Waals surface area contributed by atoms with Crippen LogP contribution in [0.15, 0.2) is 18.2 Å². The first kappa shape index (κ1) is 24.4. The Morgan fingerprint density at radius 2 is 1.50 bits per heavy atom. The van der Waals surface area contributed by atoms with Gasteiger partial charge in [0, 0.05) is 13.6 Å². The van der Waals surface area contributed by atoms with Gasteiger partial charge < -0.3 is 11.7 Å². The zero-order valence-electron chi connectivity index (χ0n) is 14.5. The third-order valence-electron chi connectivity index (χ3n) is 3.29. The summed E-state index contributed by atoms with van der Waals surface area (Å²) < 4.78 is 0. The molecule has 0 aliphatic carbocycles. The molecule has 0 N–H and O–H groups in total. The molecule has 1 heterocycles. The summed E-state index contributed by atoms with van der Waals surface area (Å²) in [7, 11) is 4.07. The fourth-order valence-electron chi connectivity index (χ4n) is 2.60. The molecule has 0 bridgehead atoms. The maximum absolute atomic E-state index is 7.75. The van der Waals surface area contributed by atoms with Crippen LogP contribution in [0, 0.1) is 6.92 Å². The predicted octanol–water partition coefficient (Wildman–Crippen LogP) is 4.91. The Kier molecular flexibility index (Phi) is 12.9. The quantitative estimate of drug-likeness (QED) is 0.294. The van der Waals surface area contributed by atoms with Crippen molar-refractivity contribution in [2.45, 2.75) is 64.4 Å². The molecule has 0 unspecified atom stereocenters. The van der Waals surface area contributed by atoms with Gasteiger partial charge >= 0.3 is 27.0 Å². The molecule has 22 heavy (non-hydrogen) atoms. The molecule has 0 aliphatic heterocycles. The Bertz CT molecular complexity index is 402. The Labute approximate surface area is 152 Å². The third kappa shape index (κ3) is 9.34. The second-order valence-electron chi connectivity index (χ2n) is 7.03. The van der Waals surface area contributed by atoms with Gasteiger partial charge in [0.15, 0.2) is 0 Å². The molecule has 0 aromatic carbocycles. The average Bonchev–Trinajstić information content (AvgIpc) is 2.47.